The van der Waals surface area contributed by atoms with Gasteiger partial charge in [0.1, 0.15) is 23.3 Å². The number of carbonyl (C=O) groups excluding carboxylic acids is 1. The molecule has 2 fully saturated rings. The predicted molar refractivity (Wildman–Crippen MR) is 85.3 cm³/mol. The Morgan fingerprint density at radius 2 is 2.17 bits per heavy atom. The molecule has 0 radical (unpaired) electrons. The fourth-order valence-corrected chi connectivity index (χ4v) is 6.42. The van der Waals surface area contributed by atoms with Gasteiger partial charge in [0.05, 0.1) is 0 Å². The van der Waals surface area contributed by atoms with Crippen LogP contribution in [0.3, 0.4) is 0 Å². The van der Waals surface area contributed by atoms with E-state index in [4.69, 9.17) is 0 Å². The highest BCUT2D eigenvalue weighted by atomic mass is 32.2. The fraction of sp³-hybridized carbons (Fsp3) is 0.467. The summed E-state index contributed by atoms with van der Waals surface area (Å²) in [7, 11) is 0. The minimum Gasteiger partial charge on any atom is -0.480 e. The fourth-order valence-electron chi connectivity index (χ4n) is 3.50. The van der Waals surface area contributed by atoms with Crippen molar-refractivity contribution >= 4 is 35.6 Å². The molecule has 3 aliphatic heterocycles. The van der Waals surface area contributed by atoms with E-state index in [1.807, 2.05) is 18.2 Å². The average Bonchev–Trinajstić information content (AvgIpc) is 2.95. The molecule has 23 heavy (non-hydrogen) atoms. The standard InChI is InChI=1S/C15H15FN2O3S2/c1-15(2)11(14(20)21)18-12(19)10(13(18)22-15)17-6-7-5-8(16)3-4-9(7)23-17/h3-5,10-11,13H,6H2,1-2H3,(H,20,21)/t10-,11+,13-/m1/s1. The molecule has 3 atom stereocenters. The summed E-state index contributed by atoms with van der Waals surface area (Å²) in [5.41, 5.74) is 0.873. The van der Waals surface area contributed by atoms with Crippen LogP contribution in [0.15, 0.2) is 23.1 Å². The first-order valence-corrected chi connectivity index (χ1v) is 8.91. The SMILES string of the molecule is CC1(C)S[C@@H]2[C@H](N3Cc4cc(F)ccc4S3)C(=O)N2[C@H]1C(=O)O. The highest BCUT2D eigenvalue weighted by molar-refractivity contribution is 8.02. The normalized spacial score (nSPS) is 31.7. The quantitative estimate of drug-likeness (QED) is 0.649. The Morgan fingerprint density at radius 3 is 2.87 bits per heavy atom. The zero-order valence-corrected chi connectivity index (χ0v) is 14.2. The van der Waals surface area contributed by atoms with Crippen LogP contribution in [0.25, 0.3) is 0 Å². The van der Waals surface area contributed by atoms with Gasteiger partial charge in [0, 0.05) is 16.2 Å². The van der Waals surface area contributed by atoms with Crippen molar-refractivity contribution in [1.82, 2.24) is 9.21 Å². The number of hydrogen-bond acceptors (Lipinski definition) is 5. The van der Waals surface area contributed by atoms with Crippen LogP contribution in [-0.4, -0.2) is 48.4 Å². The van der Waals surface area contributed by atoms with Crippen molar-refractivity contribution in [2.75, 3.05) is 0 Å². The molecule has 0 unspecified atom stereocenters. The third-order valence-electron chi connectivity index (χ3n) is 4.52. The van der Waals surface area contributed by atoms with Gasteiger partial charge in [-0.05, 0) is 49.6 Å². The largest absolute Gasteiger partial charge is 0.480 e. The van der Waals surface area contributed by atoms with E-state index < -0.39 is 16.8 Å². The lowest BCUT2D eigenvalue weighted by Crippen LogP contribution is -2.69. The van der Waals surface area contributed by atoms with Crippen molar-refractivity contribution < 1.29 is 19.1 Å². The number of hydrogen-bond donors (Lipinski definition) is 1. The predicted octanol–water partition coefficient (Wildman–Crippen LogP) is 2.16. The molecule has 1 N–H and O–H groups in total. The van der Waals surface area contributed by atoms with Gasteiger partial charge in [0.2, 0.25) is 5.91 Å². The monoisotopic (exact) mass is 354 g/mol. The molecule has 0 aromatic heterocycles. The average molecular weight is 354 g/mol. The van der Waals surface area contributed by atoms with E-state index in [1.165, 1.54) is 40.7 Å². The first kappa shape index (κ1) is 15.3. The number of carbonyl (C=O) groups is 2. The van der Waals surface area contributed by atoms with Gasteiger partial charge in [-0.15, -0.1) is 11.8 Å². The van der Waals surface area contributed by atoms with Crippen LogP contribution >= 0.6 is 23.7 Å². The Hall–Kier alpha value is -1.25. The minimum absolute atomic E-state index is 0.152. The molecular formula is C15H15FN2O3S2. The van der Waals surface area contributed by atoms with Crippen LogP contribution in [0.4, 0.5) is 4.39 Å². The number of nitrogens with zero attached hydrogens (tertiary/aromatic N) is 2. The van der Waals surface area contributed by atoms with Crippen LogP contribution in [0.1, 0.15) is 19.4 Å². The maximum absolute atomic E-state index is 13.3. The first-order valence-electron chi connectivity index (χ1n) is 7.25. The van der Waals surface area contributed by atoms with Gasteiger partial charge in [0.15, 0.2) is 0 Å². The Balaban J connectivity index is 1.58. The van der Waals surface area contributed by atoms with Gasteiger partial charge in [0.25, 0.3) is 0 Å². The van der Waals surface area contributed by atoms with E-state index in [1.54, 1.807) is 6.07 Å². The molecular weight excluding hydrogens is 339 g/mol. The van der Waals surface area contributed by atoms with E-state index in [9.17, 15) is 19.1 Å². The number of amides is 1. The van der Waals surface area contributed by atoms with E-state index in [0.717, 1.165) is 10.5 Å². The number of carboxylic acids is 1. The lowest BCUT2D eigenvalue weighted by atomic mass is 9.96. The second-order valence-corrected chi connectivity index (χ2v) is 9.32. The summed E-state index contributed by atoms with van der Waals surface area (Å²) in [6.45, 7) is 4.22. The maximum Gasteiger partial charge on any atom is 0.327 e. The second kappa shape index (κ2) is 4.87. The summed E-state index contributed by atoms with van der Waals surface area (Å²) in [6, 6.07) is 3.48. The van der Waals surface area contributed by atoms with Crippen LogP contribution in [-0.2, 0) is 16.1 Å². The number of fused-ring (bicyclic) bond motifs is 2. The molecule has 5 nitrogen and oxygen atoms in total. The topological polar surface area (TPSA) is 60.9 Å². The molecule has 0 bridgehead atoms. The summed E-state index contributed by atoms with van der Waals surface area (Å²) in [5, 5.41) is 9.28. The molecule has 8 heteroatoms. The molecule has 0 saturated carbocycles. The number of thioether (sulfide) groups is 1. The number of benzene rings is 1. The maximum atomic E-state index is 13.3. The lowest BCUT2D eigenvalue weighted by molar-refractivity contribution is -0.162. The number of halogens is 1. The Morgan fingerprint density at radius 1 is 1.43 bits per heavy atom. The molecule has 3 heterocycles. The highest BCUT2D eigenvalue weighted by Crippen LogP contribution is 2.54. The number of carboxylic acid groups (broad SMARTS) is 1. The smallest absolute Gasteiger partial charge is 0.327 e. The Kier molecular flexibility index (Phi) is 3.24. The van der Waals surface area contributed by atoms with Gasteiger partial charge in [-0.3, -0.25) is 4.79 Å². The minimum atomic E-state index is -0.962. The van der Waals surface area contributed by atoms with Crippen molar-refractivity contribution in [2.24, 2.45) is 0 Å². The third kappa shape index (κ3) is 2.11. The first-order chi connectivity index (χ1) is 10.8. The third-order valence-corrected chi connectivity index (χ3v) is 7.26. The van der Waals surface area contributed by atoms with E-state index in [0.29, 0.717) is 6.54 Å². The zero-order valence-electron chi connectivity index (χ0n) is 12.5. The Labute approximate surface area is 141 Å². The van der Waals surface area contributed by atoms with Gasteiger partial charge in [-0.2, -0.15) is 0 Å². The number of β-lactam (4-membered cyclic amide) rings is 1. The lowest BCUT2D eigenvalue weighted by Gasteiger charge is -2.46. The van der Waals surface area contributed by atoms with Crippen molar-refractivity contribution in [2.45, 2.75) is 47.5 Å². The van der Waals surface area contributed by atoms with Crippen LogP contribution in [0.2, 0.25) is 0 Å². The molecule has 0 spiro atoms. The highest BCUT2D eigenvalue weighted by Gasteiger charge is 2.65. The molecule has 4 rings (SSSR count). The van der Waals surface area contributed by atoms with Crippen LogP contribution in [0.5, 0.6) is 0 Å². The van der Waals surface area contributed by atoms with Crippen LogP contribution < -0.4 is 0 Å². The number of aliphatic carboxylic acids is 1. The summed E-state index contributed by atoms with van der Waals surface area (Å²) in [4.78, 5) is 26.5. The van der Waals surface area contributed by atoms with Crippen molar-refractivity contribution in [3.05, 3.63) is 29.6 Å². The Bertz CT molecular complexity index is 727. The molecule has 3 aliphatic rings. The van der Waals surface area contributed by atoms with E-state index in [2.05, 4.69) is 0 Å². The second-order valence-electron chi connectivity index (χ2n) is 6.46. The molecule has 2 saturated heterocycles. The van der Waals surface area contributed by atoms with Gasteiger partial charge < -0.3 is 10.0 Å². The van der Waals surface area contributed by atoms with Crippen molar-refractivity contribution in [1.29, 1.82) is 0 Å². The van der Waals surface area contributed by atoms with Crippen molar-refractivity contribution in [3.8, 4) is 0 Å². The zero-order chi connectivity index (χ0) is 16.5. The van der Waals surface area contributed by atoms with Crippen molar-refractivity contribution in [3.63, 3.8) is 0 Å². The van der Waals surface area contributed by atoms with Gasteiger partial charge in [-0.25, -0.2) is 13.5 Å². The summed E-state index contributed by atoms with van der Waals surface area (Å²) < 4.78 is 14.8. The van der Waals surface area contributed by atoms with Gasteiger partial charge in [-0.1, -0.05) is 0 Å². The molecule has 1 aromatic carbocycles. The van der Waals surface area contributed by atoms with E-state index in [-0.39, 0.29) is 23.1 Å². The molecule has 122 valence electrons. The molecule has 1 aromatic rings. The number of rotatable bonds is 2. The van der Waals surface area contributed by atoms with Crippen LogP contribution in [0, 0.1) is 5.82 Å². The van der Waals surface area contributed by atoms with E-state index >= 15 is 0 Å². The summed E-state index contributed by atoms with van der Waals surface area (Å²) >= 11 is 2.98. The molecule has 1 amide bonds. The van der Waals surface area contributed by atoms with Gasteiger partial charge >= 0.3 is 5.97 Å². The summed E-state index contributed by atoms with van der Waals surface area (Å²) in [6.07, 6.45) is 0. The summed E-state index contributed by atoms with van der Waals surface area (Å²) in [5.74, 6) is -1.40. The molecule has 0 aliphatic carbocycles.